The Hall–Kier alpha value is -0.790. The van der Waals surface area contributed by atoms with Gasteiger partial charge in [-0.05, 0) is 25.7 Å². The Morgan fingerprint density at radius 1 is 0.857 bits per heavy atom. The van der Waals surface area contributed by atoms with Crippen molar-refractivity contribution in [3.63, 3.8) is 0 Å². The Balaban J connectivity index is 3.68. The summed E-state index contributed by atoms with van der Waals surface area (Å²) in [5, 5.41) is 0. The van der Waals surface area contributed by atoms with Gasteiger partial charge in [-0.3, -0.25) is 0 Å². The van der Waals surface area contributed by atoms with Gasteiger partial charge >= 0.3 is 5.97 Å². The van der Waals surface area contributed by atoms with Gasteiger partial charge in [-0.1, -0.05) is 78.2 Å². The van der Waals surface area contributed by atoms with E-state index >= 15 is 0 Å². The van der Waals surface area contributed by atoms with Gasteiger partial charge in [0.2, 0.25) is 0 Å². The van der Waals surface area contributed by atoms with E-state index in [1.54, 1.807) is 0 Å². The minimum absolute atomic E-state index is 0.0992. The van der Waals surface area contributed by atoms with Crippen LogP contribution >= 0.6 is 0 Å². The summed E-state index contributed by atoms with van der Waals surface area (Å²) in [5.74, 6) is -0.268. The van der Waals surface area contributed by atoms with Gasteiger partial charge in [0.1, 0.15) is 6.10 Å². The molecule has 0 N–H and O–H groups in total. The molecular weight excluding hydrogens is 260 g/mol. The molecular formula is C19H36O2. The molecule has 0 radical (unpaired) electrons. The van der Waals surface area contributed by atoms with Crippen LogP contribution < -0.4 is 0 Å². The molecule has 0 heterocycles. The molecule has 0 aliphatic heterocycles. The van der Waals surface area contributed by atoms with Gasteiger partial charge in [-0.2, -0.15) is 0 Å². The maximum absolute atomic E-state index is 11.4. The van der Waals surface area contributed by atoms with Gasteiger partial charge in [0.25, 0.3) is 0 Å². The second-order valence-corrected chi connectivity index (χ2v) is 6.02. The first-order chi connectivity index (χ1) is 10.2. The van der Waals surface area contributed by atoms with Crippen molar-refractivity contribution in [1.82, 2.24) is 0 Å². The molecule has 1 unspecified atom stereocenters. The minimum atomic E-state index is -0.268. The molecule has 0 fully saturated rings. The molecule has 0 spiro atoms. The van der Waals surface area contributed by atoms with Crippen LogP contribution in [-0.4, -0.2) is 12.1 Å². The molecule has 0 aliphatic rings. The van der Waals surface area contributed by atoms with E-state index < -0.39 is 0 Å². The average molecular weight is 296 g/mol. The van der Waals surface area contributed by atoms with Crippen molar-refractivity contribution in [1.29, 1.82) is 0 Å². The second kappa shape index (κ2) is 15.6. The third-order valence-electron chi connectivity index (χ3n) is 3.96. The molecule has 2 heteroatoms. The zero-order valence-electron chi connectivity index (χ0n) is 14.4. The number of carbonyl (C=O) groups is 1. The number of hydrogen-bond donors (Lipinski definition) is 0. The molecule has 2 nitrogen and oxygen atoms in total. The van der Waals surface area contributed by atoms with Crippen molar-refractivity contribution < 1.29 is 9.53 Å². The number of carbonyl (C=O) groups excluding carboxylic acids is 1. The van der Waals surface area contributed by atoms with E-state index in [4.69, 9.17) is 4.74 Å². The van der Waals surface area contributed by atoms with E-state index in [-0.39, 0.29) is 12.1 Å². The van der Waals surface area contributed by atoms with E-state index in [1.165, 1.54) is 70.3 Å². The average Bonchev–Trinajstić information content (AvgIpc) is 2.49. The van der Waals surface area contributed by atoms with Gasteiger partial charge in [-0.15, -0.1) is 0 Å². The van der Waals surface area contributed by atoms with E-state index in [9.17, 15) is 4.79 Å². The highest BCUT2D eigenvalue weighted by Crippen LogP contribution is 2.16. The molecule has 0 saturated heterocycles. The Labute approximate surface area is 132 Å². The first-order valence-corrected chi connectivity index (χ1v) is 9.07. The summed E-state index contributed by atoms with van der Waals surface area (Å²) < 4.78 is 5.45. The van der Waals surface area contributed by atoms with Crippen LogP contribution in [0.4, 0.5) is 0 Å². The van der Waals surface area contributed by atoms with Crippen molar-refractivity contribution in [3.8, 4) is 0 Å². The molecule has 0 aromatic carbocycles. The monoisotopic (exact) mass is 296 g/mol. The van der Waals surface area contributed by atoms with Crippen molar-refractivity contribution in [2.45, 2.75) is 103 Å². The smallest absolute Gasteiger partial charge is 0.330 e. The number of hydrogen-bond acceptors (Lipinski definition) is 2. The highest BCUT2D eigenvalue weighted by Gasteiger charge is 2.11. The maximum atomic E-state index is 11.4. The zero-order chi connectivity index (χ0) is 15.8. The number of esters is 1. The number of rotatable bonds is 15. The summed E-state index contributed by atoms with van der Waals surface area (Å²) in [6, 6.07) is 0. The van der Waals surface area contributed by atoms with Gasteiger partial charge < -0.3 is 4.74 Å². The lowest BCUT2D eigenvalue weighted by Gasteiger charge is -2.17. The summed E-state index contributed by atoms with van der Waals surface area (Å²) >= 11 is 0. The predicted octanol–water partition coefficient (Wildman–Crippen LogP) is 6.20. The van der Waals surface area contributed by atoms with Crippen molar-refractivity contribution >= 4 is 5.97 Å². The molecule has 0 bridgehead atoms. The topological polar surface area (TPSA) is 26.3 Å². The molecule has 0 rings (SSSR count). The molecule has 124 valence electrons. The van der Waals surface area contributed by atoms with Crippen molar-refractivity contribution in [3.05, 3.63) is 12.7 Å². The van der Waals surface area contributed by atoms with E-state index in [1.807, 2.05) is 0 Å². The van der Waals surface area contributed by atoms with E-state index in [2.05, 4.69) is 20.4 Å². The van der Waals surface area contributed by atoms with Crippen LogP contribution in [0.25, 0.3) is 0 Å². The highest BCUT2D eigenvalue weighted by molar-refractivity contribution is 5.81. The summed E-state index contributed by atoms with van der Waals surface area (Å²) in [6.45, 7) is 7.93. The van der Waals surface area contributed by atoms with Crippen molar-refractivity contribution in [2.24, 2.45) is 0 Å². The Kier molecular flexibility index (Phi) is 15.0. The van der Waals surface area contributed by atoms with Crippen LogP contribution in [0.1, 0.15) is 97.3 Å². The molecule has 0 aromatic heterocycles. The first-order valence-electron chi connectivity index (χ1n) is 9.07. The molecule has 21 heavy (non-hydrogen) atoms. The first kappa shape index (κ1) is 20.2. The van der Waals surface area contributed by atoms with Gasteiger partial charge in [-0.25, -0.2) is 4.79 Å². The number of unbranched alkanes of at least 4 members (excludes halogenated alkanes) is 9. The Morgan fingerprint density at radius 3 is 1.81 bits per heavy atom. The Bertz CT molecular complexity index is 248. The predicted molar refractivity (Wildman–Crippen MR) is 91.4 cm³/mol. The summed E-state index contributed by atoms with van der Waals surface area (Å²) in [5.41, 5.74) is 0. The fraction of sp³-hybridized carbons (Fsp3) is 0.842. The van der Waals surface area contributed by atoms with Crippen LogP contribution in [0.5, 0.6) is 0 Å². The summed E-state index contributed by atoms with van der Waals surface area (Å²) in [6.07, 6.45) is 17.5. The van der Waals surface area contributed by atoms with Gasteiger partial charge in [0, 0.05) is 6.08 Å². The Morgan fingerprint density at radius 2 is 1.29 bits per heavy atom. The normalized spacial score (nSPS) is 12.1. The van der Waals surface area contributed by atoms with Gasteiger partial charge in [0.15, 0.2) is 0 Å². The van der Waals surface area contributed by atoms with Crippen LogP contribution in [-0.2, 0) is 9.53 Å². The lowest BCUT2D eigenvalue weighted by atomic mass is 10.0. The van der Waals surface area contributed by atoms with E-state index in [0.717, 1.165) is 19.3 Å². The third-order valence-corrected chi connectivity index (χ3v) is 3.96. The van der Waals surface area contributed by atoms with Gasteiger partial charge in [0.05, 0.1) is 0 Å². The van der Waals surface area contributed by atoms with E-state index in [0.29, 0.717) is 0 Å². The van der Waals surface area contributed by atoms with Crippen LogP contribution in [0.3, 0.4) is 0 Å². The standard InChI is InChI=1S/C19H36O2/c1-4-7-9-10-11-12-13-15-17-18(16-14-8-5-2)21-19(20)6-3/h6,18H,3-5,7-17H2,1-2H3. The maximum Gasteiger partial charge on any atom is 0.330 e. The molecule has 1 atom stereocenters. The summed E-state index contributed by atoms with van der Waals surface area (Å²) in [4.78, 5) is 11.4. The van der Waals surface area contributed by atoms with Crippen LogP contribution in [0, 0.1) is 0 Å². The number of ether oxygens (including phenoxy) is 1. The molecule has 0 aliphatic carbocycles. The zero-order valence-corrected chi connectivity index (χ0v) is 14.4. The SMILES string of the molecule is C=CC(=O)OC(CCCCC)CCCCCCCCCC. The highest BCUT2D eigenvalue weighted by atomic mass is 16.5. The lowest BCUT2D eigenvalue weighted by Crippen LogP contribution is -2.16. The minimum Gasteiger partial charge on any atom is -0.459 e. The second-order valence-electron chi connectivity index (χ2n) is 6.02. The van der Waals surface area contributed by atoms with Crippen LogP contribution in [0.2, 0.25) is 0 Å². The summed E-state index contributed by atoms with van der Waals surface area (Å²) in [7, 11) is 0. The molecule has 0 saturated carbocycles. The third kappa shape index (κ3) is 13.9. The molecule has 0 amide bonds. The van der Waals surface area contributed by atoms with Crippen LogP contribution in [0.15, 0.2) is 12.7 Å². The molecule has 0 aromatic rings. The van der Waals surface area contributed by atoms with Crippen molar-refractivity contribution in [2.75, 3.05) is 0 Å². The quantitative estimate of drug-likeness (QED) is 0.204. The fourth-order valence-corrected chi connectivity index (χ4v) is 2.60. The largest absolute Gasteiger partial charge is 0.459 e. The lowest BCUT2D eigenvalue weighted by molar-refractivity contribution is -0.143. The fourth-order valence-electron chi connectivity index (χ4n) is 2.60.